The first-order valence-corrected chi connectivity index (χ1v) is 14.6. The molecular weight excluding hydrogens is 530 g/mol. The van der Waals surface area contributed by atoms with Crippen molar-refractivity contribution in [3.8, 4) is 5.69 Å². The Labute approximate surface area is 245 Å². The number of hydroxylamine groups is 1. The van der Waals surface area contributed by atoms with Crippen molar-refractivity contribution in [2.24, 2.45) is 0 Å². The van der Waals surface area contributed by atoms with Gasteiger partial charge in [0.05, 0.1) is 12.5 Å². The number of piperazine rings is 1. The van der Waals surface area contributed by atoms with Crippen molar-refractivity contribution in [3.05, 3.63) is 87.3 Å². The number of hydrogen-bond acceptors (Lipinski definition) is 8. The van der Waals surface area contributed by atoms with Gasteiger partial charge in [0.25, 0.3) is 5.91 Å². The van der Waals surface area contributed by atoms with Gasteiger partial charge in [-0.2, -0.15) is 4.98 Å². The molecule has 2 N–H and O–H groups in total. The number of hydrogen-bond donors (Lipinski definition) is 2. The van der Waals surface area contributed by atoms with Gasteiger partial charge in [0.2, 0.25) is 11.4 Å². The molecular formula is C32H37N7O3. The van der Waals surface area contributed by atoms with Gasteiger partial charge in [-0.3, -0.25) is 14.4 Å². The van der Waals surface area contributed by atoms with Gasteiger partial charge in [-0.25, -0.2) is 10.5 Å². The predicted molar refractivity (Wildman–Crippen MR) is 164 cm³/mol. The molecule has 4 aromatic rings. The van der Waals surface area contributed by atoms with E-state index in [1.54, 1.807) is 4.57 Å². The summed E-state index contributed by atoms with van der Waals surface area (Å²) in [6, 6.07) is 14.6. The first-order chi connectivity index (χ1) is 20.5. The maximum absolute atomic E-state index is 13.3. The highest BCUT2D eigenvalue weighted by molar-refractivity contribution is 5.96. The van der Waals surface area contributed by atoms with E-state index in [0.717, 1.165) is 76.2 Å². The van der Waals surface area contributed by atoms with E-state index in [1.165, 1.54) is 36.2 Å². The van der Waals surface area contributed by atoms with Crippen molar-refractivity contribution in [1.29, 1.82) is 0 Å². The lowest BCUT2D eigenvalue weighted by Crippen LogP contribution is -2.44. The van der Waals surface area contributed by atoms with E-state index in [4.69, 9.17) is 9.82 Å². The number of benzene rings is 2. The molecule has 10 heteroatoms. The highest BCUT2D eigenvalue weighted by Gasteiger charge is 2.20. The summed E-state index contributed by atoms with van der Waals surface area (Å²) in [6.07, 6.45) is 8.37. The summed E-state index contributed by atoms with van der Waals surface area (Å²) in [6.45, 7) is 5.70. The van der Waals surface area contributed by atoms with Gasteiger partial charge in [0, 0.05) is 49.9 Å². The third-order valence-corrected chi connectivity index (χ3v) is 8.29. The van der Waals surface area contributed by atoms with Crippen LogP contribution in [0.1, 0.15) is 39.9 Å². The van der Waals surface area contributed by atoms with Gasteiger partial charge in [-0.1, -0.05) is 18.2 Å². The highest BCUT2D eigenvalue weighted by atomic mass is 16.6. The van der Waals surface area contributed by atoms with Crippen LogP contribution < -0.4 is 16.2 Å². The molecule has 0 radical (unpaired) electrons. The second-order valence-electron chi connectivity index (χ2n) is 11.2. The molecule has 1 aliphatic carbocycles. The average Bonchev–Trinajstić information content (AvgIpc) is 3.47. The van der Waals surface area contributed by atoms with E-state index in [-0.39, 0.29) is 10.9 Å². The molecule has 0 atom stereocenters. The fourth-order valence-electron chi connectivity index (χ4n) is 5.85. The molecule has 3 heterocycles. The molecule has 218 valence electrons. The lowest BCUT2D eigenvalue weighted by atomic mass is 10.1. The molecule has 1 saturated heterocycles. The van der Waals surface area contributed by atoms with E-state index >= 15 is 0 Å². The summed E-state index contributed by atoms with van der Waals surface area (Å²) in [5, 5.41) is 3.53. The van der Waals surface area contributed by atoms with Gasteiger partial charge in [-0.05, 0) is 86.7 Å². The number of amides is 1. The fourth-order valence-corrected chi connectivity index (χ4v) is 5.85. The molecule has 10 nitrogen and oxygen atoms in total. The monoisotopic (exact) mass is 567 g/mol. The Morgan fingerprint density at radius 3 is 2.60 bits per heavy atom. The van der Waals surface area contributed by atoms with E-state index in [0.29, 0.717) is 11.6 Å². The highest BCUT2D eigenvalue weighted by Crippen LogP contribution is 2.26. The molecule has 1 amide bonds. The standard InChI is InChI=1S/C32H37N7O3/c1-37-15-17-38(18-16-37)14-4-5-22-8-11-25(12-9-22)34-32-33-20-27-29(40)28(31(41)36-42-2)21-39(30(27)35-32)26-13-10-23-6-3-7-24(23)19-26/h8-13,19-21H,3-7,14-18H2,1-2H3,(H,36,41)(H,33,34,35). The number of carbonyl (C=O) groups excluding carboxylic acids is 1. The summed E-state index contributed by atoms with van der Waals surface area (Å²) < 4.78 is 1.79. The number of aryl methyl sites for hydroxylation is 3. The molecule has 6 rings (SSSR count). The predicted octanol–water partition coefficient (Wildman–Crippen LogP) is 3.48. The Kier molecular flexibility index (Phi) is 8.27. The minimum atomic E-state index is -0.620. The van der Waals surface area contributed by atoms with Crippen molar-refractivity contribution < 1.29 is 9.63 Å². The van der Waals surface area contributed by atoms with Crippen molar-refractivity contribution in [3.63, 3.8) is 0 Å². The number of aromatic nitrogens is 3. The third-order valence-electron chi connectivity index (χ3n) is 8.29. The Morgan fingerprint density at radius 2 is 1.81 bits per heavy atom. The van der Waals surface area contributed by atoms with Crippen molar-refractivity contribution >= 4 is 28.6 Å². The number of fused-ring (bicyclic) bond motifs is 2. The van der Waals surface area contributed by atoms with Crippen LogP contribution in [0.5, 0.6) is 0 Å². The molecule has 2 aliphatic rings. The van der Waals surface area contributed by atoms with Gasteiger partial charge >= 0.3 is 0 Å². The fraction of sp³-hybridized carbons (Fsp3) is 0.375. The SMILES string of the molecule is CONC(=O)c1cn(-c2ccc3c(c2)CCC3)c2nc(Nc3ccc(CCCN4CCN(C)CC4)cc3)ncc2c1=O. The average molecular weight is 568 g/mol. The summed E-state index contributed by atoms with van der Waals surface area (Å²) in [5.41, 5.74) is 7.78. The molecule has 0 spiro atoms. The quantitative estimate of drug-likeness (QED) is 0.296. The van der Waals surface area contributed by atoms with Gasteiger partial charge in [-0.15, -0.1) is 0 Å². The van der Waals surface area contributed by atoms with Crippen LogP contribution in [0.25, 0.3) is 16.7 Å². The molecule has 0 saturated carbocycles. The number of anilines is 2. The second kappa shape index (κ2) is 12.4. The molecule has 1 fully saturated rings. The minimum absolute atomic E-state index is 0.0441. The van der Waals surface area contributed by atoms with Crippen LogP contribution >= 0.6 is 0 Å². The molecule has 0 unspecified atom stereocenters. The zero-order chi connectivity index (χ0) is 29.1. The van der Waals surface area contributed by atoms with Crippen molar-refractivity contribution in [1.82, 2.24) is 29.8 Å². The Bertz CT molecular complexity index is 1640. The minimum Gasteiger partial charge on any atom is -0.324 e. The van der Waals surface area contributed by atoms with E-state index in [2.05, 4.69) is 56.9 Å². The first kappa shape index (κ1) is 28.0. The van der Waals surface area contributed by atoms with Crippen LogP contribution in [-0.4, -0.2) is 77.1 Å². The van der Waals surface area contributed by atoms with Gasteiger partial charge in [0.1, 0.15) is 5.56 Å². The molecule has 42 heavy (non-hydrogen) atoms. The maximum atomic E-state index is 13.3. The maximum Gasteiger partial charge on any atom is 0.280 e. The normalized spacial score (nSPS) is 15.6. The number of nitrogens with zero attached hydrogens (tertiary/aromatic N) is 5. The summed E-state index contributed by atoms with van der Waals surface area (Å²) in [7, 11) is 3.52. The second-order valence-corrected chi connectivity index (χ2v) is 11.2. The Morgan fingerprint density at radius 1 is 1.02 bits per heavy atom. The van der Waals surface area contributed by atoms with E-state index < -0.39 is 11.3 Å². The number of rotatable bonds is 9. The van der Waals surface area contributed by atoms with Crippen LogP contribution in [0.2, 0.25) is 0 Å². The Balaban J connectivity index is 1.24. The molecule has 1 aliphatic heterocycles. The van der Waals surface area contributed by atoms with Gasteiger partial charge < -0.3 is 19.7 Å². The number of pyridine rings is 1. The topological polar surface area (TPSA) is 105 Å². The zero-order valence-electron chi connectivity index (χ0n) is 24.2. The lowest BCUT2D eigenvalue weighted by molar-refractivity contribution is 0.0536. The number of nitrogens with one attached hydrogen (secondary N) is 2. The first-order valence-electron chi connectivity index (χ1n) is 14.6. The largest absolute Gasteiger partial charge is 0.324 e. The number of likely N-dealkylation sites (N-methyl/N-ethyl adjacent to an activating group) is 1. The lowest BCUT2D eigenvalue weighted by Gasteiger charge is -2.32. The summed E-state index contributed by atoms with van der Waals surface area (Å²) in [5.74, 6) is -0.251. The van der Waals surface area contributed by atoms with Gasteiger partial charge in [0.15, 0.2) is 5.65 Å². The van der Waals surface area contributed by atoms with E-state index in [1.807, 2.05) is 18.2 Å². The Hall–Kier alpha value is -4.12. The molecule has 2 aromatic heterocycles. The van der Waals surface area contributed by atoms with E-state index in [9.17, 15) is 9.59 Å². The number of carbonyl (C=O) groups is 1. The van der Waals surface area contributed by atoms with Crippen LogP contribution in [0.3, 0.4) is 0 Å². The third kappa shape index (κ3) is 6.06. The molecule has 2 aromatic carbocycles. The van der Waals surface area contributed by atoms with Crippen LogP contribution in [0.4, 0.5) is 11.6 Å². The summed E-state index contributed by atoms with van der Waals surface area (Å²) in [4.78, 5) is 44.8. The van der Waals surface area contributed by atoms with Crippen LogP contribution in [-0.2, 0) is 24.1 Å². The van der Waals surface area contributed by atoms with Crippen molar-refractivity contribution in [2.75, 3.05) is 52.2 Å². The van der Waals surface area contributed by atoms with Crippen LogP contribution in [0, 0.1) is 0 Å². The van der Waals surface area contributed by atoms with Crippen molar-refractivity contribution in [2.45, 2.75) is 32.1 Å². The molecule has 0 bridgehead atoms. The zero-order valence-corrected chi connectivity index (χ0v) is 24.2. The smallest absolute Gasteiger partial charge is 0.280 e. The summed E-state index contributed by atoms with van der Waals surface area (Å²) >= 11 is 0. The van der Waals surface area contributed by atoms with Crippen LogP contribution in [0.15, 0.2) is 59.7 Å².